The summed E-state index contributed by atoms with van der Waals surface area (Å²) in [5.41, 5.74) is 0. The summed E-state index contributed by atoms with van der Waals surface area (Å²) in [4.78, 5) is 62.4. The minimum atomic E-state index is -2.53. The SMILES string of the molecule is CC(=O)N[C@H]1[C@H](OC[C@H]2O[C@@H](O[C@H]3[C@H](O)[C@@H](NC(C)=O)[C@H](O[C@H]4[C@@H](O)[C@@H](CO)O[C@@H](O[C@H]5[C@H](O)[C@@H](O)[C@H](OC[C@@H](CO)NC=O)O[C@@H]5CO)[C@@H]4O)O[C@@H]3CO)[C@H](O)[C@@H](O[C@@H]3O[C@H](CO)[C@@H](O[C@@H]4O[C@H](CO[C@@H]5O[C@H](CO)[C@@H](O)[C@H](O)[C@H]5NC(C)=O)[C@H](O)[C@H](O)[C@H]4O)[C@H](O)[C@H]3NC(C)=O)[C@H]2O)O[C@H](CO)[C@@H](O[C@@H]2O[C@H](CO)[C@H](O)[C@H](O)[C@H]2O)[C@@H]1O. The molecule has 0 aliphatic carbocycles. The van der Waals surface area contributed by atoms with Gasteiger partial charge in [-0.1, -0.05) is 0 Å². The number of carbonyl (C=O) groups excluding carboxylic acids is 5. The van der Waals surface area contributed by atoms with Crippen molar-refractivity contribution in [3.05, 3.63) is 0 Å². The highest BCUT2D eigenvalue weighted by atomic mass is 16.8. The van der Waals surface area contributed by atoms with Crippen LogP contribution >= 0.6 is 0 Å². The molecule has 53 nitrogen and oxygen atoms in total. The topological polar surface area (TPSA) is 817 Å². The smallest absolute Gasteiger partial charge is 0.217 e. The average Bonchev–Trinajstić information content (AvgIpc) is 0.763. The predicted octanol–water partition coefficient (Wildman–Crippen LogP) is -20.9. The molecule has 0 aromatic heterocycles. The number of amides is 5. The van der Waals surface area contributed by atoms with Crippen LogP contribution in [-0.2, 0) is 109 Å². The van der Waals surface area contributed by atoms with Crippen LogP contribution in [0.5, 0.6) is 0 Å². The molecule has 0 aromatic carbocycles. The molecule has 53 heteroatoms. The maximum absolute atomic E-state index is 13.2. The molecule has 9 aliphatic rings. The number of nitrogens with one attached hydrogen (secondary N) is 5. The predicted molar refractivity (Wildman–Crippen MR) is 367 cm³/mol. The molecule has 30 N–H and O–H groups in total. The molecule has 0 spiro atoms. The monoisotopic (exact) mass is 1740 g/mol. The molecule has 0 saturated carbocycles. The fourth-order valence-electron chi connectivity index (χ4n) is 15.0. The van der Waals surface area contributed by atoms with Gasteiger partial charge in [-0.3, -0.25) is 24.0 Å². The Morgan fingerprint density at radius 2 is 0.538 bits per heavy atom. The highest BCUT2D eigenvalue weighted by Crippen LogP contribution is 2.40. The second-order valence-corrected chi connectivity index (χ2v) is 29.7. The molecule has 0 bridgehead atoms. The van der Waals surface area contributed by atoms with Gasteiger partial charge in [0.25, 0.3) is 0 Å². The Morgan fingerprint density at radius 1 is 0.277 bits per heavy atom. The lowest BCUT2D eigenvalue weighted by Crippen LogP contribution is -2.71. The average molecular weight is 1740 g/mol. The summed E-state index contributed by atoms with van der Waals surface area (Å²) in [6.45, 7) is -6.77. The van der Waals surface area contributed by atoms with Crippen LogP contribution in [0.2, 0.25) is 0 Å². The van der Waals surface area contributed by atoms with E-state index in [-0.39, 0.29) is 6.41 Å². The minimum Gasteiger partial charge on any atom is -0.394 e. The van der Waals surface area contributed by atoms with Crippen LogP contribution in [0.15, 0.2) is 0 Å². The third-order valence-electron chi connectivity index (χ3n) is 21.3. The molecule has 9 saturated heterocycles. The Bertz CT molecular complexity index is 3160. The Morgan fingerprint density at radius 3 is 0.899 bits per heavy atom. The van der Waals surface area contributed by atoms with E-state index in [9.17, 15) is 152 Å². The summed E-state index contributed by atoms with van der Waals surface area (Å²) < 4.78 is 106. The lowest BCUT2D eigenvalue weighted by atomic mass is 9.93. The van der Waals surface area contributed by atoms with Gasteiger partial charge in [0.15, 0.2) is 56.6 Å². The quantitative estimate of drug-likeness (QED) is 0.0262. The van der Waals surface area contributed by atoms with Gasteiger partial charge < -0.3 is 240 Å². The molecule has 0 aromatic rings. The van der Waals surface area contributed by atoms with Gasteiger partial charge in [0.1, 0.15) is 219 Å². The van der Waals surface area contributed by atoms with Gasteiger partial charge in [-0.05, 0) is 0 Å². The summed E-state index contributed by atoms with van der Waals surface area (Å²) in [7, 11) is 0. The molecule has 9 aliphatic heterocycles. The number of hydrogen-bond donors (Lipinski definition) is 30. The van der Waals surface area contributed by atoms with Crippen LogP contribution in [-0.4, -0.2) is 513 Å². The molecular formula is C66H111N5O48. The summed E-state index contributed by atoms with van der Waals surface area (Å²) >= 11 is 0. The van der Waals surface area contributed by atoms with Crippen LogP contribution in [0.25, 0.3) is 0 Å². The summed E-state index contributed by atoms with van der Waals surface area (Å²) in [6, 6.07) is -8.45. The van der Waals surface area contributed by atoms with E-state index in [1.54, 1.807) is 0 Å². The van der Waals surface area contributed by atoms with Gasteiger partial charge >= 0.3 is 0 Å². The largest absolute Gasteiger partial charge is 0.394 e. The van der Waals surface area contributed by atoms with Crippen molar-refractivity contribution in [1.29, 1.82) is 0 Å². The molecule has 5 amide bonds. The van der Waals surface area contributed by atoms with E-state index in [0.717, 1.165) is 27.7 Å². The van der Waals surface area contributed by atoms with E-state index in [1.165, 1.54) is 0 Å². The van der Waals surface area contributed by atoms with Crippen molar-refractivity contribution in [1.82, 2.24) is 26.6 Å². The third kappa shape index (κ3) is 22.7. The van der Waals surface area contributed by atoms with Gasteiger partial charge in [0, 0.05) is 27.7 Å². The van der Waals surface area contributed by atoms with Crippen molar-refractivity contribution >= 4 is 30.0 Å². The zero-order valence-electron chi connectivity index (χ0n) is 64.0. The lowest BCUT2D eigenvalue weighted by Gasteiger charge is -2.51. The molecular weight excluding hydrogens is 1630 g/mol. The number of hydrogen-bond acceptors (Lipinski definition) is 48. The van der Waals surface area contributed by atoms with Crippen molar-refractivity contribution in [2.24, 2.45) is 0 Å². The van der Waals surface area contributed by atoms with E-state index in [0.29, 0.717) is 0 Å². The molecule has 9 rings (SSSR count). The number of rotatable bonds is 35. The first-order valence-corrected chi connectivity index (χ1v) is 37.8. The van der Waals surface area contributed by atoms with Gasteiger partial charge in [0.2, 0.25) is 30.0 Å². The van der Waals surface area contributed by atoms with Crippen molar-refractivity contribution in [3.8, 4) is 0 Å². The second kappa shape index (κ2) is 44.2. The number of ether oxygens (including phenoxy) is 18. The standard InChI is InChI=1S/C66H111N5O48/c1-17(81)68-31-40(90)35(85)22(6-73)105-58(31)103-14-29-37(87)45(95)48(98)64(112-29)115-53-26(10-77)109-61(33(42(53)92)70-19(3)83)119-57-39(89)30(15-104-59-32(69-18(2)82)41(91)52(25(9-76)108-59)114-63-47(97)44(94)36(86)23(7-74)106-63)113-66(51(57)101)116-54-27(11-78)110-60(34(43(54)93)71-20(4)84)118-56-38(88)24(8-75)107-65(50(56)100)117-55-28(12-79)111-62(49(99)46(55)96)102-13-21(5-72)67-16-80/h16,21-66,72-79,85-101H,5-15H2,1-4H3,(H,67,80)(H,68,81)(H,69,82)(H,70,83)(H,71,84)/t21-,22-,23-,24-,25-,26-,27-,28-,29-,30-,31-,32-,33-,34-,35-,36+,37+,38+,39+,40-,41-,42-,43-,44+,45+,46-,47-,48-,49-,50-,51-,52-,53-,54-,55-,56+,57+,58-,59-,60+,61+,62-,63+,64+,65+,66+/m1/s1. The van der Waals surface area contributed by atoms with E-state index in [4.69, 9.17) is 85.3 Å². The van der Waals surface area contributed by atoms with Crippen LogP contribution < -0.4 is 26.6 Å². The number of carbonyl (C=O) groups is 5. The van der Waals surface area contributed by atoms with E-state index < -0.39 is 378 Å². The fourth-order valence-corrected chi connectivity index (χ4v) is 15.0. The van der Waals surface area contributed by atoms with Crippen LogP contribution in [0, 0.1) is 0 Å². The normalized spacial score (nSPS) is 46.9. The Kier molecular flexibility index (Phi) is 36.5. The minimum absolute atomic E-state index is 0.244. The molecule has 9 fully saturated rings. The molecule has 0 unspecified atom stereocenters. The highest BCUT2D eigenvalue weighted by Gasteiger charge is 2.61. The Hall–Kier alpha value is -4.37. The van der Waals surface area contributed by atoms with Gasteiger partial charge in [-0.25, -0.2) is 0 Å². The van der Waals surface area contributed by atoms with Crippen LogP contribution in [0.3, 0.4) is 0 Å². The number of aliphatic hydroxyl groups is 25. The summed E-state index contributed by atoms with van der Waals surface area (Å²) in [5, 5.41) is 289. The highest BCUT2D eigenvalue weighted by molar-refractivity contribution is 5.74. The van der Waals surface area contributed by atoms with Crippen LogP contribution in [0.1, 0.15) is 27.7 Å². The maximum Gasteiger partial charge on any atom is 0.217 e. The third-order valence-corrected chi connectivity index (χ3v) is 21.3. The zero-order chi connectivity index (χ0) is 87.6. The van der Waals surface area contributed by atoms with Gasteiger partial charge in [-0.15, -0.1) is 0 Å². The Balaban J connectivity index is 0.992. The summed E-state index contributed by atoms with van der Waals surface area (Å²) in [6.07, 6.45) is -83.3. The van der Waals surface area contributed by atoms with Crippen LogP contribution in [0.4, 0.5) is 0 Å². The molecule has 9 heterocycles. The fraction of sp³-hybridized carbons (Fsp3) is 0.924. The number of aliphatic hydroxyl groups excluding tert-OH is 25. The first-order valence-electron chi connectivity index (χ1n) is 37.8. The Labute approximate surface area is 674 Å². The summed E-state index contributed by atoms with van der Waals surface area (Å²) in [5.74, 6) is -3.65. The molecule has 688 valence electrons. The lowest BCUT2D eigenvalue weighted by molar-refractivity contribution is -0.389. The second-order valence-electron chi connectivity index (χ2n) is 29.7. The van der Waals surface area contributed by atoms with E-state index >= 15 is 0 Å². The van der Waals surface area contributed by atoms with E-state index in [1.807, 2.05) is 0 Å². The van der Waals surface area contributed by atoms with Crippen molar-refractivity contribution in [2.45, 2.75) is 310 Å². The van der Waals surface area contributed by atoms with E-state index in [2.05, 4.69) is 26.6 Å². The first-order chi connectivity index (χ1) is 56.4. The molecule has 0 radical (unpaired) electrons. The maximum atomic E-state index is 13.2. The van der Waals surface area contributed by atoms with Gasteiger partial charge in [0.05, 0.1) is 78.7 Å². The van der Waals surface area contributed by atoms with Crippen molar-refractivity contribution in [3.63, 3.8) is 0 Å². The zero-order valence-corrected chi connectivity index (χ0v) is 64.0. The molecule has 119 heavy (non-hydrogen) atoms. The van der Waals surface area contributed by atoms with Crippen molar-refractivity contribution < 1.29 is 237 Å². The van der Waals surface area contributed by atoms with Crippen molar-refractivity contribution in [2.75, 3.05) is 72.7 Å². The first kappa shape index (κ1) is 98.4. The van der Waals surface area contributed by atoms with Gasteiger partial charge in [-0.2, -0.15) is 0 Å². The molecule has 46 atom stereocenters.